The van der Waals surface area contributed by atoms with Crippen molar-refractivity contribution in [3.8, 4) is 0 Å². The molecule has 2 heterocycles. The molecule has 0 amide bonds. The fraction of sp³-hybridized carbons (Fsp3) is 0.0833. The zero-order chi connectivity index (χ0) is 17.3. The quantitative estimate of drug-likeness (QED) is 0.203. The average Bonchev–Trinajstić information content (AvgIpc) is 3.33. The van der Waals surface area contributed by atoms with Crippen molar-refractivity contribution in [3.63, 3.8) is 0 Å². The van der Waals surface area contributed by atoms with Gasteiger partial charge in [-0.2, -0.15) is 0 Å². The minimum absolute atomic E-state index is 0.508. The Labute approximate surface area is 161 Å². The third-order valence-electron chi connectivity index (χ3n) is 5.28. The summed E-state index contributed by atoms with van der Waals surface area (Å²) in [6.07, 6.45) is 7.72. The van der Waals surface area contributed by atoms with Gasteiger partial charge in [0.1, 0.15) is 0 Å². The van der Waals surface area contributed by atoms with Crippen molar-refractivity contribution in [2.75, 3.05) is 0 Å². The summed E-state index contributed by atoms with van der Waals surface area (Å²) in [5.41, 5.74) is 1.45. The Hall–Kier alpha value is -2.12. The molecule has 1 aliphatic carbocycles. The Morgan fingerprint density at radius 2 is 1.50 bits per heavy atom. The zero-order valence-corrected chi connectivity index (χ0v) is 16.9. The fourth-order valence-corrected chi connectivity index (χ4v) is 7.13. The number of fused-ring (bicyclic) bond motifs is 4. The molecular formula is C24H16SSe. The Morgan fingerprint density at radius 3 is 2.31 bits per heavy atom. The summed E-state index contributed by atoms with van der Waals surface area (Å²) < 4.78 is 4.44. The first-order valence-electron chi connectivity index (χ1n) is 8.90. The van der Waals surface area contributed by atoms with E-state index in [4.69, 9.17) is 0 Å². The molecule has 0 N–H and O–H groups in total. The molecule has 6 rings (SSSR count). The molecule has 2 heteroatoms. The molecule has 3 aromatic carbocycles. The van der Waals surface area contributed by atoms with Crippen LogP contribution in [0.15, 0.2) is 66.8 Å². The van der Waals surface area contributed by atoms with Gasteiger partial charge in [0, 0.05) is 0 Å². The van der Waals surface area contributed by atoms with Crippen LogP contribution in [0.4, 0.5) is 0 Å². The van der Waals surface area contributed by atoms with Crippen molar-refractivity contribution in [1.29, 1.82) is 0 Å². The van der Waals surface area contributed by atoms with Gasteiger partial charge in [-0.3, -0.25) is 0 Å². The summed E-state index contributed by atoms with van der Waals surface area (Å²) in [5.74, 6) is 0. The second-order valence-corrected chi connectivity index (χ2v) is 10.9. The summed E-state index contributed by atoms with van der Waals surface area (Å²) in [5, 5.41) is 8.22. The predicted molar refractivity (Wildman–Crippen MR) is 118 cm³/mol. The van der Waals surface area contributed by atoms with Crippen LogP contribution in [0.2, 0.25) is 0 Å². The van der Waals surface area contributed by atoms with Crippen molar-refractivity contribution in [2.24, 2.45) is 0 Å². The summed E-state index contributed by atoms with van der Waals surface area (Å²) in [6, 6.07) is 19.0. The predicted octanol–water partition coefficient (Wildman–Crippen LogP) is 7.07. The molecule has 5 aromatic rings. The normalized spacial score (nSPS) is 14.3. The number of hydrogen-bond acceptors (Lipinski definition) is 1. The summed E-state index contributed by atoms with van der Waals surface area (Å²) in [7, 11) is 0. The second kappa shape index (κ2) is 5.44. The van der Waals surface area contributed by atoms with Crippen molar-refractivity contribution in [2.45, 2.75) is 13.3 Å². The molecule has 26 heavy (non-hydrogen) atoms. The number of aryl methyl sites for hydroxylation is 1. The molecule has 1 aliphatic rings. The van der Waals surface area contributed by atoms with Crippen LogP contribution in [0.25, 0.3) is 46.9 Å². The van der Waals surface area contributed by atoms with Crippen LogP contribution in [0.3, 0.4) is 0 Å². The van der Waals surface area contributed by atoms with Gasteiger partial charge in [-0.1, -0.05) is 0 Å². The van der Waals surface area contributed by atoms with Crippen LogP contribution < -0.4 is 0 Å². The molecule has 0 spiro atoms. The molecule has 0 bridgehead atoms. The number of allylic oxidation sites excluding steroid dienone is 4. The average molecular weight is 415 g/mol. The summed E-state index contributed by atoms with van der Waals surface area (Å²) in [6.45, 7) is 2.25. The first-order valence-corrected chi connectivity index (χ1v) is 11.4. The van der Waals surface area contributed by atoms with Crippen molar-refractivity contribution >= 4 is 72.7 Å². The molecule has 0 nitrogen and oxygen atoms in total. The molecule has 0 saturated heterocycles. The molecule has 124 valence electrons. The van der Waals surface area contributed by atoms with E-state index in [1.807, 2.05) is 11.3 Å². The van der Waals surface area contributed by atoms with Crippen LogP contribution in [-0.2, 0) is 0 Å². The summed E-state index contributed by atoms with van der Waals surface area (Å²) in [4.78, 5) is 1.41. The van der Waals surface area contributed by atoms with E-state index in [2.05, 4.69) is 73.7 Å². The number of hydrogen-bond donors (Lipinski definition) is 0. The van der Waals surface area contributed by atoms with Gasteiger partial charge < -0.3 is 0 Å². The third-order valence-corrected chi connectivity index (χ3v) is 8.58. The first kappa shape index (κ1) is 15.0. The molecule has 0 unspecified atom stereocenters. The molecule has 0 aliphatic heterocycles. The van der Waals surface area contributed by atoms with Crippen LogP contribution in [0, 0.1) is 6.92 Å². The van der Waals surface area contributed by atoms with Crippen molar-refractivity contribution in [1.82, 2.24) is 0 Å². The third kappa shape index (κ3) is 2.27. The van der Waals surface area contributed by atoms with Crippen molar-refractivity contribution in [3.05, 3.63) is 76.1 Å². The minimum atomic E-state index is 0.508. The van der Waals surface area contributed by atoms with E-state index in [1.165, 1.54) is 56.2 Å². The van der Waals surface area contributed by atoms with E-state index in [1.54, 1.807) is 0 Å². The Bertz CT molecular complexity index is 1320. The molecule has 2 aromatic heterocycles. The van der Waals surface area contributed by atoms with Crippen LogP contribution in [-0.4, -0.2) is 14.5 Å². The van der Waals surface area contributed by atoms with Gasteiger partial charge in [-0.25, -0.2) is 0 Å². The zero-order valence-electron chi connectivity index (χ0n) is 14.4. The first-order chi connectivity index (χ1) is 12.7. The molecule has 0 radical (unpaired) electrons. The Morgan fingerprint density at radius 1 is 0.769 bits per heavy atom. The van der Waals surface area contributed by atoms with Gasteiger partial charge in [0.15, 0.2) is 0 Å². The van der Waals surface area contributed by atoms with Crippen molar-refractivity contribution < 1.29 is 0 Å². The maximum atomic E-state index is 2.41. The maximum absolute atomic E-state index is 2.41. The number of benzene rings is 3. The van der Waals surface area contributed by atoms with Gasteiger partial charge in [-0.05, 0) is 0 Å². The van der Waals surface area contributed by atoms with E-state index < -0.39 is 0 Å². The van der Waals surface area contributed by atoms with E-state index in [9.17, 15) is 0 Å². The fourth-order valence-electron chi connectivity index (χ4n) is 4.00. The van der Waals surface area contributed by atoms with Crippen LogP contribution in [0.5, 0.6) is 0 Å². The number of rotatable bonds is 1. The molecule has 0 atom stereocenters. The van der Waals surface area contributed by atoms with Crippen LogP contribution >= 0.6 is 11.3 Å². The van der Waals surface area contributed by atoms with Gasteiger partial charge in [0.2, 0.25) is 0 Å². The van der Waals surface area contributed by atoms with Gasteiger partial charge in [-0.15, -0.1) is 0 Å². The van der Waals surface area contributed by atoms with Gasteiger partial charge in [0.05, 0.1) is 0 Å². The topological polar surface area (TPSA) is 0 Å². The summed E-state index contributed by atoms with van der Waals surface area (Å²) >= 11 is 2.43. The van der Waals surface area contributed by atoms with E-state index in [0.29, 0.717) is 14.5 Å². The number of thiophene rings is 1. The van der Waals surface area contributed by atoms with E-state index in [0.717, 1.165) is 6.42 Å². The van der Waals surface area contributed by atoms with E-state index >= 15 is 0 Å². The second-order valence-electron chi connectivity index (χ2n) is 7.12. The SMILES string of the molecule is Cc1cc2cc3cc4cc5sc(C6=CC=CC6)cc5cc4cc3cc2[se]1. The monoisotopic (exact) mass is 416 g/mol. The standard InChI is InChI=1S/C24H16SSe/c1-14-6-21-10-17-7-18-11-23-20(12-22(25-23)15-4-2-3-5-15)9-16(18)8-19(17)13-24(21)26-14/h2-4,6-13H,5H2,1H3. The Kier molecular flexibility index (Phi) is 3.13. The van der Waals surface area contributed by atoms with Gasteiger partial charge in [0.25, 0.3) is 0 Å². The molecular weight excluding hydrogens is 399 g/mol. The molecule has 0 saturated carbocycles. The molecule has 0 fully saturated rings. The van der Waals surface area contributed by atoms with Gasteiger partial charge >= 0.3 is 162 Å². The van der Waals surface area contributed by atoms with Crippen LogP contribution in [0.1, 0.15) is 15.7 Å². The Balaban J connectivity index is 1.61. The van der Waals surface area contributed by atoms with E-state index in [-0.39, 0.29) is 0 Å².